The molecule has 1 aromatic carbocycles. The van der Waals surface area contributed by atoms with Gasteiger partial charge in [-0.15, -0.1) is 0 Å². The number of nitrogens with zero attached hydrogens (tertiary/aromatic N) is 4. The summed E-state index contributed by atoms with van der Waals surface area (Å²) in [6.07, 6.45) is 5.99. The fourth-order valence-electron chi connectivity index (χ4n) is 4.31. The first-order valence-corrected chi connectivity index (χ1v) is 12.3. The van der Waals surface area contributed by atoms with E-state index < -0.39 is 6.04 Å². The molecule has 8 nitrogen and oxygen atoms in total. The zero-order valence-electron chi connectivity index (χ0n) is 18.5. The standard InChI is InChI=1S/C25H24N6O2S/c26-14-16-6-10-31(11-7-16)23-20-13-22(28-15-18(20)5-9-27-23)29-19-3-1-17(2-4-19)24(32)30-21-8-12-34-25(21)33/h1-5,9,13,15-16,21H,6-8,10-12H2,(H,28,29)(H,30,32). The molecule has 2 aliphatic heterocycles. The number of benzene rings is 1. The maximum absolute atomic E-state index is 12.5. The lowest BCUT2D eigenvalue weighted by atomic mass is 9.98. The normalized spacial score (nSPS) is 18.6. The van der Waals surface area contributed by atoms with E-state index in [-0.39, 0.29) is 16.9 Å². The summed E-state index contributed by atoms with van der Waals surface area (Å²) in [6, 6.07) is 13.0. The first kappa shape index (κ1) is 22.2. The van der Waals surface area contributed by atoms with Crippen LogP contribution in [0.25, 0.3) is 10.8 Å². The summed E-state index contributed by atoms with van der Waals surface area (Å²) in [6.45, 7) is 1.62. The molecule has 0 spiro atoms. The number of anilines is 3. The molecule has 9 heteroatoms. The summed E-state index contributed by atoms with van der Waals surface area (Å²) in [5.41, 5.74) is 1.31. The van der Waals surface area contributed by atoms with Gasteiger partial charge in [-0.2, -0.15) is 5.26 Å². The second kappa shape index (κ2) is 9.69. The third-order valence-corrected chi connectivity index (χ3v) is 7.27. The molecule has 1 amide bonds. The van der Waals surface area contributed by atoms with Crippen LogP contribution in [-0.4, -0.2) is 45.9 Å². The Balaban J connectivity index is 1.30. The number of hydrogen-bond acceptors (Lipinski definition) is 8. The van der Waals surface area contributed by atoms with E-state index in [1.165, 1.54) is 11.8 Å². The van der Waals surface area contributed by atoms with Crippen molar-refractivity contribution in [2.45, 2.75) is 25.3 Å². The summed E-state index contributed by atoms with van der Waals surface area (Å²) in [4.78, 5) is 35.6. The number of carbonyl (C=O) groups excluding carboxylic acids is 2. The molecule has 2 aromatic heterocycles. The van der Waals surface area contributed by atoms with Gasteiger partial charge < -0.3 is 15.5 Å². The van der Waals surface area contributed by atoms with Crippen molar-refractivity contribution in [2.24, 2.45) is 5.92 Å². The average molecular weight is 473 g/mol. The summed E-state index contributed by atoms with van der Waals surface area (Å²) in [7, 11) is 0. The summed E-state index contributed by atoms with van der Waals surface area (Å²) < 4.78 is 0. The molecule has 0 saturated carbocycles. The van der Waals surface area contributed by atoms with Crippen molar-refractivity contribution in [3.05, 3.63) is 54.4 Å². The van der Waals surface area contributed by atoms with Gasteiger partial charge in [0, 0.05) is 59.2 Å². The molecule has 2 aliphatic rings. The van der Waals surface area contributed by atoms with E-state index in [0.29, 0.717) is 17.8 Å². The maximum Gasteiger partial charge on any atom is 0.251 e. The molecule has 0 bridgehead atoms. The predicted octanol–water partition coefficient (Wildman–Crippen LogP) is 3.88. The van der Waals surface area contributed by atoms with Crippen molar-refractivity contribution >= 4 is 50.9 Å². The van der Waals surface area contributed by atoms with Crippen LogP contribution in [0.15, 0.2) is 48.8 Å². The Hall–Kier alpha value is -3.64. The highest BCUT2D eigenvalue weighted by Gasteiger charge is 2.27. The number of thioether (sulfide) groups is 1. The molecular formula is C25H24N6O2S. The van der Waals surface area contributed by atoms with Crippen molar-refractivity contribution in [1.82, 2.24) is 15.3 Å². The highest BCUT2D eigenvalue weighted by molar-refractivity contribution is 8.14. The molecule has 5 rings (SSSR count). The molecule has 3 aromatic rings. The second-order valence-corrected chi connectivity index (χ2v) is 9.60. The molecule has 1 unspecified atom stereocenters. The molecule has 0 radical (unpaired) electrons. The number of amides is 1. The van der Waals surface area contributed by atoms with Gasteiger partial charge in [-0.1, -0.05) is 11.8 Å². The van der Waals surface area contributed by atoms with Crippen LogP contribution in [0.4, 0.5) is 17.3 Å². The Kier molecular flexibility index (Phi) is 6.32. The van der Waals surface area contributed by atoms with E-state index in [9.17, 15) is 14.9 Å². The van der Waals surface area contributed by atoms with E-state index in [1.807, 2.05) is 30.5 Å². The average Bonchev–Trinajstić information content (AvgIpc) is 3.28. The molecule has 2 fully saturated rings. The van der Waals surface area contributed by atoms with Crippen molar-refractivity contribution in [1.29, 1.82) is 5.26 Å². The van der Waals surface area contributed by atoms with Crippen LogP contribution >= 0.6 is 11.8 Å². The minimum atomic E-state index is -0.398. The Morgan fingerprint density at radius 2 is 1.91 bits per heavy atom. The molecule has 1 atom stereocenters. The summed E-state index contributed by atoms with van der Waals surface area (Å²) in [5.74, 6) is 2.21. The van der Waals surface area contributed by atoms with Gasteiger partial charge >= 0.3 is 0 Å². The number of pyridine rings is 2. The number of carbonyl (C=O) groups is 2. The van der Waals surface area contributed by atoms with E-state index in [4.69, 9.17) is 0 Å². The number of fused-ring (bicyclic) bond motifs is 1. The van der Waals surface area contributed by atoms with Gasteiger partial charge in [0.1, 0.15) is 11.6 Å². The SMILES string of the molecule is N#CC1CCN(c2nccc3cnc(Nc4ccc(C(=O)NC5CCSC5=O)cc4)cc23)CC1. The maximum atomic E-state index is 12.5. The highest BCUT2D eigenvalue weighted by atomic mass is 32.2. The number of hydrogen-bond donors (Lipinski definition) is 2. The monoisotopic (exact) mass is 472 g/mol. The minimum Gasteiger partial charge on any atom is -0.356 e. The van der Waals surface area contributed by atoms with Gasteiger partial charge in [0.2, 0.25) is 5.12 Å². The highest BCUT2D eigenvalue weighted by Crippen LogP contribution is 2.30. The van der Waals surface area contributed by atoms with Crippen molar-refractivity contribution in [3.63, 3.8) is 0 Å². The van der Waals surface area contributed by atoms with Gasteiger partial charge in [0.25, 0.3) is 5.91 Å². The van der Waals surface area contributed by atoms with Crippen LogP contribution in [0, 0.1) is 17.2 Å². The van der Waals surface area contributed by atoms with Crippen LogP contribution in [0.2, 0.25) is 0 Å². The van der Waals surface area contributed by atoms with Crippen molar-refractivity contribution in [3.8, 4) is 6.07 Å². The third-order valence-electron chi connectivity index (χ3n) is 6.26. The molecule has 2 saturated heterocycles. The van der Waals surface area contributed by atoms with Crippen LogP contribution in [0.5, 0.6) is 0 Å². The zero-order chi connectivity index (χ0) is 23.5. The molecule has 0 aliphatic carbocycles. The van der Waals surface area contributed by atoms with Gasteiger partial charge in [0.05, 0.1) is 12.1 Å². The van der Waals surface area contributed by atoms with Gasteiger partial charge in [-0.25, -0.2) is 9.97 Å². The molecule has 34 heavy (non-hydrogen) atoms. The number of rotatable bonds is 5. The van der Waals surface area contributed by atoms with Crippen LogP contribution < -0.4 is 15.5 Å². The zero-order valence-corrected chi connectivity index (χ0v) is 19.3. The third kappa shape index (κ3) is 4.68. The minimum absolute atomic E-state index is 0.0253. The molecule has 4 heterocycles. The molecule has 2 N–H and O–H groups in total. The summed E-state index contributed by atoms with van der Waals surface area (Å²) in [5, 5.41) is 17.3. The Bertz CT molecular complexity index is 1260. The lowest BCUT2D eigenvalue weighted by molar-refractivity contribution is -0.112. The Morgan fingerprint density at radius 1 is 1.12 bits per heavy atom. The van der Waals surface area contributed by atoms with Crippen LogP contribution in [0.3, 0.4) is 0 Å². The van der Waals surface area contributed by atoms with Crippen molar-refractivity contribution < 1.29 is 9.59 Å². The first-order chi connectivity index (χ1) is 16.6. The Morgan fingerprint density at radius 3 is 2.62 bits per heavy atom. The van der Waals surface area contributed by atoms with Crippen molar-refractivity contribution in [2.75, 3.05) is 29.1 Å². The van der Waals surface area contributed by atoms with E-state index in [1.54, 1.807) is 18.3 Å². The molecule has 172 valence electrons. The van der Waals surface area contributed by atoms with E-state index in [2.05, 4.69) is 31.6 Å². The lowest BCUT2D eigenvalue weighted by Gasteiger charge is -2.30. The van der Waals surface area contributed by atoms with E-state index >= 15 is 0 Å². The first-order valence-electron chi connectivity index (χ1n) is 11.3. The largest absolute Gasteiger partial charge is 0.356 e. The van der Waals surface area contributed by atoms with Crippen LogP contribution in [-0.2, 0) is 4.79 Å². The van der Waals surface area contributed by atoms with Crippen LogP contribution in [0.1, 0.15) is 29.6 Å². The number of nitriles is 1. The van der Waals surface area contributed by atoms with E-state index in [0.717, 1.165) is 54.0 Å². The quantitative estimate of drug-likeness (QED) is 0.576. The summed E-state index contributed by atoms with van der Waals surface area (Å²) >= 11 is 1.27. The number of nitrogens with one attached hydrogen (secondary N) is 2. The second-order valence-electron chi connectivity index (χ2n) is 8.50. The predicted molar refractivity (Wildman–Crippen MR) is 133 cm³/mol. The van der Waals surface area contributed by atoms with Gasteiger partial charge in [-0.05, 0) is 55.7 Å². The fraction of sp³-hybridized carbons (Fsp3) is 0.320. The number of piperidine rings is 1. The molecular weight excluding hydrogens is 448 g/mol. The smallest absolute Gasteiger partial charge is 0.251 e. The number of aromatic nitrogens is 2. The van der Waals surface area contributed by atoms with Gasteiger partial charge in [0.15, 0.2) is 0 Å². The topological polar surface area (TPSA) is 111 Å². The lowest BCUT2D eigenvalue weighted by Crippen LogP contribution is -2.37. The van der Waals surface area contributed by atoms with Gasteiger partial charge in [-0.3, -0.25) is 9.59 Å². The fourth-order valence-corrected chi connectivity index (χ4v) is 5.24. The Labute approximate surface area is 201 Å².